The van der Waals surface area contributed by atoms with E-state index < -0.39 is 5.82 Å². The SMILES string of the molecule is CC(=O)NCCc1csc(C2CCCN(C(=O)c3cccc(F)c3)C2)n1. The second-order valence-electron chi connectivity index (χ2n) is 6.51. The van der Waals surface area contributed by atoms with Crippen LogP contribution in [0, 0.1) is 5.82 Å². The van der Waals surface area contributed by atoms with Gasteiger partial charge < -0.3 is 10.2 Å². The van der Waals surface area contributed by atoms with Crippen LogP contribution >= 0.6 is 11.3 Å². The number of rotatable bonds is 5. The highest BCUT2D eigenvalue weighted by atomic mass is 32.1. The molecule has 3 rings (SSSR count). The lowest BCUT2D eigenvalue weighted by Gasteiger charge is -2.32. The van der Waals surface area contributed by atoms with Crippen molar-refractivity contribution in [3.05, 3.63) is 51.7 Å². The Morgan fingerprint density at radius 2 is 2.27 bits per heavy atom. The van der Waals surface area contributed by atoms with Crippen LogP contribution in [-0.4, -0.2) is 41.3 Å². The van der Waals surface area contributed by atoms with Gasteiger partial charge in [-0.1, -0.05) is 6.07 Å². The molecule has 0 saturated carbocycles. The Morgan fingerprint density at radius 3 is 3.04 bits per heavy atom. The molecule has 0 aliphatic carbocycles. The summed E-state index contributed by atoms with van der Waals surface area (Å²) < 4.78 is 13.4. The molecule has 1 aliphatic heterocycles. The van der Waals surface area contributed by atoms with Gasteiger partial charge in [0.15, 0.2) is 0 Å². The lowest BCUT2D eigenvalue weighted by atomic mass is 9.98. The van der Waals surface area contributed by atoms with Gasteiger partial charge in [-0.3, -0.25) is 9.59 Å². The van der Waals surface area contributed by atoms with Crippen LogP contribution in [0.5, 0.6) is 0 Å². The van der Waals surface area contributed by atoms with E-state index in [4.69, 9.17) is 0 Å². The highest BCUT2D eigenvalue weighted by molar-refractivity contribution is 7.09. The number of amides is 2. The fourth-order valence-corrected chi connectivity index (χ4v) is 4.14. The average Bonchev–Trinajstić information content (AvgIpc) is 3.10. The number of benzene rings is 1. The monoisotopic (exact) mass is 375 g/mol. The van der Waals surface area contributed by atoms with Gasteiger partial charge in [0.25, 0.3) is 5.91 Å². The summed E-state index contributed by atoms with van der Waals surface area (Å²) in [5.41, 5.74) is 1.35. The van der Waals surface area contributed by atoms with Crippen molar-refractivity contribution in [3.8, 4) is 0 Å². The van der Waals surface area contributed by atoms with Crippen molar-refractivity contribution < 1.29 is 14.0 Å². The van der Waals surface area contributed by atoms with Gasteiger partial charge in [-0.15, -0.1) is 11.3 Å². The first kappa shape index (κ1) is 18.5. The largest absolute Gasteiger partial charge is 0.356 e. The number of carbonyl (C=O) groups excluding carboxylic acids is 2. The van der Waals surface area contributed by atoms with Gasteiger partial charge in [0.1, 0.15) is 5.82 Å². The molecule has 5 nitrogen and oxygen atoms in total. The number of hydrogen-bond donors (Lipinski definition) is 1. The van der Waals surface area contributed by atoms with Crippen LogP contribution < -0.4 is 5.32 Å². The number of likely N-dealkylation sites (tertiary alicyclic amines) is 1. The normalized spacial score (nSPS) is 17.2. The molecule has 26 heavy (non-hydrogen) atoms. The van der Waals surface area contributed by atoms with E-state index in [1.165, 1.54) is 19.1 Å². The summed E-state index contributed by atoms with van der Waals surface area (Å²) in [5, 5.41) is 5.82. The Bertz CT molecular complexity index is 793. The molecule has 1 aliphatic rings. The van der Waals surface area contributed by atoms with Crippen LogP contribution in [-0.2, 0) is 11.2 Å². The molecule has 2 heterocycles. The molecule has 0 bridgehead atoms. The Kier molecular flexibility index (Phi) is 5.98. The van der Waals surface area contributed by atoms with Crippen LogP contribution in [0.2, 0.25) is 0 Å². The molecule has 1 aromatic carbocycles. The van der Waals surface area contributed by atoms with Gasteiger partial charge in [-0.05, 0) is 31.0 Å². The predicted molar refractivity (Wildman–Crippen MR) is 98.8 cm³/mol. The Hall–Kier alpha value is -2.28. The quantitative estimate of drug-likeness (QED) is 0.874. The maximum Gasteiger partial charge on any atom is 0.253 e. The van der Waals surface area contributed by atoms with Gasteiger partial charge in [-0.2, -0.15) is 0 Å². The van der Waals surface area contributed by atoms with Crippen LogP contribution in [0.1, 0.15) is 46.7 Å². The minimum absolute atomic E-state index is 0.0424. The molecular weight excluding hydrogens is 353 g/mol. The molecule has 1 aromatic heterocycles. The fraction of sp³-hybridized carbons (Fsp3) is 0.421. The zero-order valence-corrected chi connectivity index (χ0v) is 15.5. The fourth-order valence-electron chi connectivity index (χ4n) is 3.16. The summed E-state index contributed by atoms with van der Waals surface area (Å²) in [4.78, 5) is 30.0. The lowest BCUT2D eigenvalue weighted by molar-refractivity contribution is -0.118. The summed E-state index contributed by atoms with van der Waals surface area (Å²) in [5.74, 6) is -0.357. The third-order valence-electron chi connectivity index (χ3n) is 4.45. The standard InChI is InChI=1S/C19H22FN3O2S/c1-13(24)21-8-7-17-12-26-18(22-17)15-5-3-9-23(11-15)19(25)14-4-2-6-16(20)10-14/h2,4,6,10,12,15H,3,5,7-9,11H2,1H3,(H,21,24). The second kappa shape index (κ2) is 8.40. The van der Waals surface area contributed by atoms with E-state index in [0.717, 1.165) is 23.5 Å². The topological polar surface area (TPSA) is 62.3 Å². The van der Waals surface area contributed by atoms with Crippen molar-refractivity contribution in [2.75, 3.05) is 19.6 Å². The predicted octanol–water partition coefficient (Wildman–Crippen LogP) is 2.98. The van der Waals surface area contributed by atoms with Crippen LogP contribution in [0.25, 0.3) is 0 Å². The summed E-state index contributed by atoms with van der Waals surface area (Å²) >= 11 is 1.61. The summed E-state index contributed by atoms with van der Waals surface area (Å²) in [7, 11) is 0. The Labute approximate surface area is 156 Å². The number of aromatic nitrogens is 1. The van der Waals surface area contributed by atoms with E-state index in [1.54, 1.807) is 28.4 Å². The Balaban J connectivity index is 1.62. The number of piperidine rings is 1. The van der Waals surface area contributed by atoms with Gasteiger partial charge in [0, 0.05) is 49.8 Å². The van der Waals surface area contributed by atoms with Gasteiger partial charge in [0.2, 0.25) is 5.91 Å². The van der Waals surface area contributed by atoms with Gasteiger partial charge in [0.05, 0.1) is 10.7 Å². The first-order valence-corrected chi connectivity index (χ1v) is 9.64. The van der Waals surface area contributed by atoms with Crippen molar-refractivity contribution in [2.45, 2.75) is 32.1 Å². The molecule has 138 valence electrons. The maximum atomic E-state index is 13.4. The molecule has 1 unspecified atom stereocenters. The van der Waals surface area contributed by atoms with Crippen molar-refractivity contribution >= 4 is 23.2 Å². The van der Waals surface area contributed by atoms with Crippen molar-refractivity contribution in [3.63, 3.8) is 0 Å². The molecule has 2 amide bonds. The minimum atomic E-state index is -0.395. The van der Waals surface area contributed by atoms with E-state index in [0.29, 0.717) is 31.6 Å². The molecule has 1 atom stereocenters. The Morgan fingerprint density at radius 1 is 1.42 bits per heavy atom. The van der Waals surface area contributed by atoms with E-state index >= 15 is 0 Å². The third kappa shape index (κ3) is 4.66. The molecule has 1 saturated heterocycles. The third-order valence-corrected chi connectivity index (χ3v) is 5.51. The number of nitrogens with zero attached hydrogens (tertiary/aromatic N) is 2. The highest BCUT2D eigenvalue weighted by Crippen LogP contribution is 2.30. The smallest absolute Gasteiger partial charge is 0.253 e. The average molecular weight is 375 g/mol. The van der Waals surface area contributed by atoms with Crippen LogP contribution in [0.3, 0.4) is 0 Å². The number of carbonyl (C=O) groups is 2. The molecule has 2 aromatic rings. The number of halogens is 1. The summed E-state index contributed by atoms with van der Waals surface area (Å²) in [6.45, 7) is 3.37. The number of thiazole rings is 1. The molecule has 7 heteroatoms. The number of nitrogens with one attached hydrogen (secondary N) is 1. The molecule has 1 N–H and O–H groups in total. The zero-order valence-electron chi connectivity index (χ0n) is 14.7. The summed E-state index contributed by atoms with van der Waals surface area (Å²) in [6.07, 6.45) is 2.60. The van der Waals surface area contributed by atoms with Gasteiger partial charge in [-0.25, -0.2) is 9.37 Å². The molecular formula is C19H22FN3O2S. The van der Waals surface area contributed by atoms with E-state index in [1.807, 2.05) is 5.38 Å². The first-order chi connectivity index (χ1) is 12.5. The highest BCUT2D eigenvalue weighted by Gasteiger charge is 2.27. The van der Waals surface area contributed by atoms with Crippen LogP contribution in [0.15, 0.2) is 29.6 Å². The maximum absolute atomic E-state index is 13.4. The van der Waals surface area contributed by atoms with Crippen molar-refractivity contribution in [1.29, 1.82) is 0 Å². The van der Waals surface area contributed by atoms with E-state index in [9.17, 15) is 14.0 Å². The van der Waals surface area contributed by atoms with E-state index in [-0.39, 0.29) is 17.7 Å². The van der Waals surface area contributed by atoms with Crippen molar-refractivity contribution in [2.24, 2.45) is 0 Å². The van der Waals surface area contributed by atoms with Crippen LogP contribution in [0.4, 0.5) is 4.39 Å². The minimum Gasteiger partial charge on any atom is -0.356 e. The first-order valence-electron chi connectivity index (χ1n) is 8.76. The molecule has 1 fully saturated rings. The summed E-state index contributed by atoms with van der Waals surface area (Å²) in [6, 6.07) is 5.84. The zero-order chi connectivity index (χ0) is 18.5. The number of hydrogen-bond acceptors (Lipinski definition) is 4. The van der Waals surface area contributed by atoms with Gasteiger partial charge >= 0.3 is 0 Å². The lowest BCUT2D eigenvalue weighted by Crippen LogP contribution is -2.39. The van der Waals surface area contributed by atoms with Crippen molar-refractivity contribution in [1.82, 2.24) is 15.2 Å². The second-order valence-corrected chi connectivity index (χ2v) is 7.40. The molecule has 0 spiro atoms. The van der Waals surface area contributed by atoms with E-state index in [2.05, 4.69) is 10.3 Å². The molecule has 0 radical (unpaired) electrons.